The molecule has 3 heterocycles. The molecule has 0 bridgehead atoms. The fourth-order valence-corrected chi connectivity index (χ4v) is 4.25. The van der Waals surface area contributed by atoms with E-state index in [2.05, 4.69) is 10.3 Å². The molecule has 0 aliphatic carbocycles. The number of benzene rings is 1. The molecule has 1 N–H and O–H groups in total. The lowest BCUT2D eigenvalue weighted by Gasteiger charge is -2.31. The Balaban J connectivity index is 1.74. The van der Waals surface area contributed by atoms with Crippen molar-refractivity contribution in [3.63, 3.8) is 0 Å². The first kappa shape index (κ1) is 20.7. The van der Waals surface area contributed by atoms with Gasteiger partial charge in [0.2, 0.25) is 5.91 Å². The average molecular weight is 445 g/mol. The largest absolute Gasteiger partial charge is 0.419 e. The highest BCUT2D eigenvalue weighted by Gasteiger charge is 2.47. The summed E-state index contributed by atoms with van der Waals surface area (Å²) in [6.07, 6.45) is -2.83. The van der Waals surface area contributed by atoms with Gasteiger partial charge >= 0.3 is 6.18 Å². The summed E-state index contributed by atoms with van der Waals surface area (Å²) in [5.41, 5.74) is -0.0377. The number of alkyl halides is 3. The average Bonchev–Trinajstić information content (AvgIpc) is 2.96. The van der Waals surface area contributed by atoms with E-state index in [0.29, 0.717) is 24.2 Å². The van der Waals surface area contributed by atoms with Gasteiger partial charge in [-0.25, -0.2) is 4.98 Å². The molecule has 2 aliphatic heterocycles. The van der Waals surface area contributed by atoms with E-state index in [0.717, 1.165) is 22.7 Å². The Morgan fingerprint density at radius 2 is 2.10 bits per heavy atom. The van der Waals surface area contributed by atoms with Gasteiger partial charge in [0.1, 0.15) is 12.1 Å². The number of anilines is 3. The van der Waals surface area contributed by atoms with Crippen LogP contribution in [0.4, 0.5) is 30.2 Å². The summed E-state index contributed by atoms with van der Waals surface area (Å²) in [6, 6.07) is 6.65. The molecule has 1 saturated heterocycles. The van der Waals surface area contributed by atoms with E-state index in [1.54, 1.807) is 23.1 Å². The summed E-state index contributed by atoms with van der Waals surface area (Å²) in [6.45, 7) is 1.39. The Hall–Kier alpha value is -3.52. The van der Waals surface area contributed by atoms with Crippen molar-refractivity contribution in [3.8, 4) is 6.07 Å². The molecular formula is C20H14F3N5O2S. The van der Waals surface area contributed by atoms with Crippen LogP contribution in [0.5, 0.6) is 0 Å². The van der Waals surface area contributed by atoms with Gasteiger partial charge in [0.25, 0.3) is 5.91 Å². The third-order valence-corrected chi connectivity index (χ3v) is 5.48. The number of nitrogens with zero attached hydrogens (tertiary/aromatic N) is 4. The quantitative estimate of drug-likeness (QED) is 0.713. The third-order valence-electron chi connectivity index (χ3n) is 5.10. The van der Waals surface area contributed by atoms with Crippen molar-refractivity contribution >= 4 is 46.2 Å². The molecule has 1 atom stereocenters. The number of aromatic nitrogens is 1. The fourth-order valence-electron chi connectivity index (χ4n) is 3.83. The summed E-state index contributed by atoms with van der Waals surface area (Å²) < 4.78 is 40.0. The highest BCUT2D eigenvalue weighted by atomic mass is 32.1. The molecule has 1 unspecified atom stereocenters. The van der Waals surface area contributed by atoms with Crippen LogP contribution in [0.1, 0.15) is 30.2 Å². The summed E-state index contributed by atoms with van der Waals surface area (Å²) in [4.78, 5) is 30.6. The van der Waals surface area contributed by atoms with Crippen LogP contribution in [-0.2, 0) is 22.2 Å². The standard InChI is InChI=1S/C20H14F3N5O2S/c1-10(29)26-12-3-5-16-11(6-12)2-4-17-18(30)27(19(31)28(16)17)13-7-14(20(21,22)23)15(8-24)25-9-13/h3,5-7,9,17H,2,4H2,1H3,(H,26,29). The fraction of sp³-hybridized carbons (Fsp3) is 0.250. The first-order valence-corrected chi connectivity index (χ1v) is 9.57. The van der Waals surface area contributed by atoms with Gasteiger partial charge in [-0.15, -0.1) is 0 Å². The number of halogens is 3. The van der Waals surface area contributed by atoms with E-state index in [1.165, 1.54) is 13.0 Å². The number of aryl methyl sites for hydroxylation is 1. The van der Waals surface area contributed by atoms with Gasteiger partial charge in [-0.2, -0.15) is 18.4 Å². The van der Waals surface area contributed by atoms with Crippen LogP contribution in [0.25, 0.3) is 0 Å². The molecule has 1 fully saturated rings. The molecule has 0 saturated carbocycles. The van der Waals surface area contributed by atoms with Crippen LogP contribution < -0.4 is 15.1 Å². The van der Waals surface area contributed by atoms with Crippen molar-refractivity contribution in [2.45, 2.75) is 32.0 Å². The zero-order valence-electron chi connectivity index (χ0n) is 16.0. The lowest BCUT2D eigenvalue weighted by atomic mass is 9.96. The van der Waals surface area contributed by atoms with Gasteiger partial charge in [-0.05, 0) is 54.9 Å². The van der Waals surface area contributed by atoms with Crippen LogP contribution in [0.3, 0.4) is 0 Å². The Morgan fingerprint density at radius 1 is 1.35 bits per heavy atom. The van der Waals surface area contributed by atoms with Gasteiger partial charge in [-0.1, -0.05) is 0 Å². The van der Waals surface area contributed by atoms with Gasteiger partial charge in [0.15, 0.2) is 10.8 Å². The highest BCUT2D eigenvalue weighted by molar-refractivity contribution is 7.81. The second-order valence-corrected chi connectivity index (χ2v) is 7.47. The van der Waals surface area contributed by atoms with Gasteiger partial charge in [-0.3, -0.25) is 14.5 Å². The number of pyridine rings is 1. The Morgan fingerprint density at radius 3 is 2.74 bits per heavy atom. The van der Waals surface area contributed by atoms with Gasteiger partial charge in [0.05, 0.1) is 17.4 Å². The second kappa shape index (κ2) is 7.31. The minimum absolute atomic E-state index is 0.0304. The van der Waals surface area contributed by atoms with E-state index < -0.39 is 29.4 Å². The number of hydrogen-bond donors (Lipinski definition) is 1. The first-order valence-electron chi connectivity index (χ1n) is 9.17. The van der Waals surface area contributed by atoms with Crippen molar-refractivity contribution in [3.05, 3.63) is 47.3 Å². The zero-order chi connectivity index (χ0) is 22.5. The van der Waals surface area contributed by atoms with Gasteiger partial charge in [0, 0.05) is 18.3 Å². The molecule has 0 radical (unpaired) electrons. The minimum Gasteiger partial charge on any atom is -0.326 e. The summed E-state index contributed by atoms with van der Waals surface area (Å²) in [5, 5.41) is 11.7. The van der Waals surface area contributed by atoms with Crippen LogP contribution in [0.2, 0.25) is 0 Å². The maximum Gasteiger partial charge on any atom is 0.419 e. The van der Waals surface area contributed by atoms with E-state index in [-0.39, 0.29) is 16.7 Å². The van der Waals surface area contributed by atoms with E-state index in [1.807, 2.05) is 0 Å². The smallest absolute Gasteiger partial charge is 0.326 e. The Kier molecular flexibility index (Phi) is 4.89. The topological polar surface area (TPSA) is 89.3 Å². The number of thiocarbonyl (C=S) groups is 1. The Bertz CT molecular complexity index is 1170. The normalized spacial score (nSPS) is 17.8. The number of amides is 2. The third kappa shape index (κ3) is 3.48. The van der Waals surface area contributed by atoms with E-state index in [9.17, 15) is 22.8 Å². The van der Waals surface area contributed by atoms with E-state index >= 15 is 0 Å². The van der Waals surface area contributed by atoms with Gasteiger partial charge < -0.3 is 10.2 Å². The molecule has 2 aliphatic rings. The molecule has 31 heavy (non-hydrogen) atoms. The van der Waals surface area contributed by atoms with Crippen LogP contribution in [-0.4, -0.2) is 28.0 Å². The molecule has 1 aromatic carbocycles. The molecule has 2 aromatic rings. The summed E-state index contributed by atoms with van der Waals surface area (Å²) >= 11 is 5.46. The number of carbonyl (C=O) groups is 2. The van der Waals surface area contributed by atoms with Crippen molar-refractivity contribution < 1.29 is 22.8 Å². The predicted octanol–water partition coefficient (Wildman–Crippen LogP) is 3.38. The minimum atomic E-state index is -4.81. The summed E-state index contributed by atoms with van der Waals surface area (Å²) in [7, 11) is 0. The maximum atomic E-state index is 13.3. The van der Waals surface area contributed by atoms with Crippen LogP contribution in [0, 0.1) is 11.3 Å². The van der Waals surface area contributed by atoms with Crippen LogP contribution >= 0.6 is 12.2 Å². The number of rotatable bonds is 2. The number of nitrogens with one attached hydrogen (secondary N) is 1. The molecule has 0 spiro atoms. The molecule has 2 amide bonds. The summed E-state index contributed by atoms with van der Waals surface area (Å²) in [5.74, 6) is -0.679. The highest BCUT2D eigenvalue weighted by Crippen LogP contribution is 2.40. The zero-order valence-corrected chi connectivity index (χ0v) is 16.8. The molecule has 158 valence electrons. The van der Waals surface area contributed by atoms with Crippen molar-refractivity contribution in [1.29, 1.82) is 5.26 Å². The van der Waals surface area contributed by atoms with E-state index in [4.69, 9.17) is 17.5 Å². The number of carbonyl (C=O) groups excluding carboxylic acids is 2. The number of nitriles is 1. The molecular weight excluding hydrogens is 431 g/mol. The van der Waals surface area contributed by atoms with Crippen molar-refractivity contribution in [2.75, 3.05) is 15.1 Å². The second-order valence-electron chi connectivity index (χ2n) is 7.10. The van der Waals surface area contributed by atoms with Crippen molar-refractivity contribution in [2.24, 2.45) is 0 Å². The maximum absolute atomic E-state index is 13.3. The monoisotopic (exact) mass is 445 g/mol. The lowest BCUT2D eigenvalue weighted by molar-refractivity contribution is -0.138. The molecule has 1 aromatic heterocycles. The number of fused-ring (bicyclic) bond motifs is 3. The molecule has 11 heteroatoms. The molecule has 4 rings (SSSR count). The first-order chi connectivity index (χ1) is 14.6. The van der Waals surface area contributed by atoms with Crippen molar-refractivity contribution in [1.82, 2.24) is 4.98 Å². The number of hydrogen-bond acceptors (Lipinski definition) is 5. The molecule has 7 nitrogen and oxygen atoms in total. The lowest BCUT2D eigenvalue weighted by Crippen LogP contribution is -2.39. The van der Waals surface area contributed by atoms with Crippen LogP contribution in [0.15, 0.2) is 30.5 Å². The Labute approximate surface area is 180 Å². The predicted molar refractivity (Wildman–Crippen MR) is 109 cm³/mol. The SMILES string of the molecule is CC(=O)Nc1ccc2c(c1)CCC1C(=O)N(c3cnc(C#N)c(C(F)(F)F)c3)C(=S)N21.